The SMILES string of the molecule is Cc1ccc(NC2CC(C)CC(C)(C)C2)cc1C. The van der Waals surface area contributed by atoms with Crippen LogP contribution < -0.4 is 5.32 Å². The van der Waals surface area contributed by atoms with E-state index in [1.807, 2.05) is 0 Å². The molecule has 0 bridgehead atoms. The molecule has 100 valence electrons. The van der Waals surface area contributed by atoms with Crippen molar-refractivity contribution in [1.82, 2.24) is 0 Å². The van der Waals surface area contributed by atoms with Gasteiger partial charge in [-0.25, -0.2) is 0 Å². The van der Waals surface area contributed by atoms with Gasteiger partial charge < -0.3 is 5.32 Å². The summed E-state index contributed by atoms with van der Waals surface area (Å²) in [7, 11) is 0. The first-order valence-corrected chi connectivity index (χ1v) is 7.19. The molecule has 1 aliphatic rings. The Morgan fingerprint density at radius 3 is 2.44 bits per heavy atom. The lowest BCUT2D eigenvalue weighted by molar-refractivity contribution is 0.178. The number of hydrogen-bond acceptors (Lipinski definition) is 1. The maximum absolute atomic E-state index is 3.73. The standard InChI is InChI=1S/C17H27N/c1-12-8-16(11-17(4,5)10-12)18-15-7-6-13(2)14(3)9-15/h6-7,9,12,16,18H,8,10-11H2,1-5H3. The Hall–Kier alpha value is -0.980. The van der Waals surface area contributed by atoms with E-state index < -0.39 is 0 Å². The fourth-order valence-electron chi connectivity index (χ4n) is 3.52. The average molecular weight is 245 g/mol. The van der Waals surface area contributed by atoms with Crippen LogP contribution in [0, 0.1) is 25.2 Å². The Balaban J connectivity index is 2.06. The van der Waals surface area contributed by atoms with Crippen molar-refractivity contribution in [1.29, 1.82) is 0 Å². The van der Waals surface area contributed by atoms with Crippen molar-refractivity contribution in [2.75, 3.05) is 5.32 Å². The predicted molar refractivity (Wildman–Crippen MR) is 80.1 cm³/mol. The Morgan fingerprint density at radius 1 is 1.11 bits per heavy atom. The van der Waals surface area contributed by atoms with Crippen molar-refractivity contribution >= 4 is 5.69 Å². The number of nitrogens with one attached hydrogen (secondary N) is 1. The molecule has 1 aromatic rings. The minimum atomic E-state index is 0.481. The van der Waals surface area contributed by atoms with E-state index in [2.05, 4.69) is 58.1 Å². The Bertz CT molecular complexity index is 420. The third-order valence-corrected chi connectivity index (χ3v) is 4.26. The lowest BCUT2D eigenvalue weighted by Crippen LogP contribution is -2.35. The maximum Gasteiger partial charge on any atom is 0.0345 e. The second kappa shape index (κ2) is 4.95. The highest BCUT2D eigenvalue weighted by atomic mass is 14.9. The lowest BCUT2D eigenvalue weighted by atomic mass is 9.70. The molecular weight excluding hydrogens is 218 g/mol. The molecule has 1 N–H and O–H groups in total. The van der Waals surface area contributed by atoms with Gasteiger partial charge in [-0.1, -0.05) is 26.8 Å². The molecule has 18 heavy (non-hydrogen) atoms. The van der Waals surface area contributed by atoms with Gasteiger partial charge in [-0.05, 0) is 67.7 Å². The summed E-state index contributed by atoms with van der Waals surface area (Å²) >= 11 is 0. The quantitative estimate of drug-likeness (QED) is 0.779. The fraction of sp³-hybridized carbons (Fsp3) is 0.647. The molecule has 0 heterocycles. The zero-order valence-electron chi connectivity index (χ0n) is 12.5. The van der Waals surface area contributed by atoms with Crippen LogP contribution in [0.4, 0.5) is 5.69 Å². The van der Waals surface area contributed by atoms with E-state index >= 15 is 0 Å². The molecule has 1 aromatic carbocycles. The van der Waals surface area contributed by atoms with Gasteiger partial charge in [0.25, 0.3) is 0 Å². The highest BCUT2D eigenvalue weighted by molar-refractivity contribution is 5.48. The Morgan fingerprint density at radius 2 is 1.83 bits per heavy atom. The molecule has 0 aliphatic heterocycles. The fourth-order valence-corrected chi connectivity index (χ4v) is 3.52. The van der Waals surface area contributed by atoms with Crippen LogP contribution in [0.2, 0.25) is 0 Å². The highest BCUT2D eigenvalue weighted by Gasteiger charge is 2.31. The van der Waals surface area contributed by atoms with E-state index in [4.69, 9.17) is 0 Å². The molecule has 1 aliphatic carbocycles. The molecule has 2 unspecified atom stereocenters. The van der Waals surface area contributed by atoms with Crippen LogP contribution in [-0.4, -0.2) is 6.04 Å². The largest absolute Gasteiger partial charge is 0.382 e. The summed E-state index contributed by atoms with van der Waals surface area (Å²) in [6, 6.07) is 7.34. The number of aryl methyl sites for hydroxylation is 2. The Labute approximate surface area is 112 Å². The van der Waals surface area contributed by atoms with Crippen molar-refractivity contribution in [3.63, 3.8) is 0 Å². The van der Waals surface area contributed by atoms with Crippen molar-refractivity contribution in [3.8, 4) is 0 Å². The molecule has 0 spiro atoms. The molecule has 0 radical (unpaired) electrons. The smallest absolute Gasteiger partial charge is 0.0345 e. The summed E-state index contributed by atoms with van der Waals surface area (Å²) in [5, 5.41) is 3.73. The van der Waals surface area contributed by atoms with Crippen LogP contribution in [0.5, 0.6) is 0 Å². The van der Waals surface area contributed by atoms with Crippen LogP contribution in [0.1, 0.15) is 51.2 Å². The molecular formula is C17H27N. The maximum atomic E-state index is 3.73. The summed E-state index contributed by atoms with van der Waals surface area (Å²) < 4.78 is 0. The summed E-state index contributed by atoms with van der Waals surface area (Å²) in [5.74, 6) is 0.831. The summed E-state index contributed by atoms with van der Waals surface area (Å²) in [6.45, 7) is 11.5. The molecule has 1 nitrogen and oxygen atoms in total. The van der Waals surface area contributed by atoms with Crippen LogP contribution in [0.3, 0.4) is 0 Å². The van der Waals surface area contributed by atoms with E-state index in [9.17, 15) is 0 Å². The normalized spacial score (nSPS) is 26.9. The first kappa shape index (κ1) is 13.5. The molecule has 0 amide bonds. The molecule has 1 fully saturated rings. The number of anilines is 1. The topological polar surface area (TPSA) is 12.0 Å². The summed E-state index contributed by atoms with van der Waals surface area (Å²) in [6.07, 6.45) is 3.94. The van der Waals surface area contributed by atoms with Crippen molar-refractivity contribution in [2.45, 2.75) is 59.9 Å². The van der Waals surface area contributed by atoms with E-state index in [0.717, 1.165) is 5.92 Å². The summed E-state index contributed by atoms with van der Waals surface area (Å²) in [5.41, 5.74) is 4.52. The van der Waals surface area contributed by atoms with Gasteiger partial charge in [0.15, 0.2) is 0 Å². The molecule has 0 saturated heterocycles. The third kappa shape index (κ3) is 3.28. The van der Waals surface area contributed by atoms with E-state index in [-0.39, 0.29) is 0 Å². The van der Waals surface area contributed by atoms with E-state index in [1.54, 1.807) is 0 Å². The van der Waals surface area contributed by atoms with Gasteiger partial charge in [0.1, 0.15) is 0 Å². The van der Waals surface area contributed by atoms with Gasteiger partial charge in [-0.2, -0.15) is 0 Å². The summed E-state index contributed by atoms with van der Waals surface area (Å²) in [4.78, 5) is 0. The van der Waals surface area contributed by atoms with Crippen molar-refractivity contribution < 1.29 is 0 Å². The Kier molecular flexibility index (Phi) is 3.70. The average Bonchev–Trinajstić information content (AvgIpc) is 2.20. The second-order valence-electron chi connectivity index (χ2n) is 7.05. The van der Waals surface area contributed by atoms with Gasteiger partial charge in [-0.15, -0.1) is 0 Å². The van der Waals surface area contributed by atoms with Gasteiger partial charge in [0.2, 0.25) is 0 Å². The number of benzene rings is 1. The van der Waals surface area contributed by atoms with Crippen molar-refractivity contribution in [3.05, 3.63) is 29.3 Å². The zero-order chi connectivity index (χ0) is 13.3. The van der Waals surface area contributed by atoms with Crippen LogP contribution in [-0.2, 0) is 0 Å². The molecule has 1 heteroatoms. The molecule has 1 saturated carbocycles. The van der Waals surface area contributed by atoms with Gasteiger partial charge >= 0.3 is 0 Å². The van der Waals surface area contributed by atoms with Crippen molar-refractivity contribution in [2.24, 2.45) is 11.3 Å². The van der Waals surface area contributed by atoms with Gasteiger partial charge in [0.05, 0.1) is 0 Å². The van der Waals surface area contributed by atoms with E-state index in [0.29, 0.717) is 11.5 Å². The lowest BCUT2D eigenvalue weighted by Gasteiger charge is -2.39. The monoisotopic (exact) mass is 245 g/mol. The number of rotatable bonds is 2. The molecule has 0 aromatic heterocycles. The van der Waals surface area contributed by atoms with Gasteiger partial charge in [-0.3, -0.25) is 0 Å². The highest BCUT2D eigenvalue weighted by Crippen LogP contribution is 2.39. The first-order chi connectivity index (χ1) is 8.35. The van der Waals surface area contributed by atoms with E-state index in [1.165, 1.54) is 36.1 Å². The predicted octanol–water partition coefficient (Wildman–Crippen LogP) is 4.93. The van der Waals surface area contributed by atoms with Crippen LogP contribution in [0.15, 0.2) is 18.2 Å². The second-order valence-corrected chi connectivity index (χ2v) is 7.05. The number of hydrogen-bond donors (Lipinski definition) is 1. The van der Waals surface area contributed by atoms with Crippen LogP contribution >= 0.6 is 0 Å². The minimum absolute atomic E-state index is 0.481. The molecule has 2 atom stereocenters. The zero-order valence-corrected chi connectivity index (χ0v) is 12.5. The van der Waals surface area contributed by atoms with Crippen LogP contribution in [0.25, 0.3) is 0 Å². The first-order valence-electron chi connectivity index (χ1n) is 7.19. The van der Waals surface area contributed by atoms with Gasteiger partial charge in [0, 0.05) is 11.7 Å². The minimum Gasteiger partial charge on any atom is -0.382 e. The third-order valence-electron chi connectivity index (χ3n) is 4.26. The molecule has 2 rings (SSSR count).